The zero-order chi connectivity index (χ0) is 25.8. The number of amides is 1. The largest absolute Gasteiger partial charge is 0.493 e. The summed E-state index contributed by atoms with van der Waals surface area (Å²) in [5, 5.41) is 1.92. The van der Waals surface area contributed by atoms with Gasteiger partial charge in [0.2, 0.25) is 5.91 Å². The third-order valence-electron chi connectivity index (χ3n) is 4.83. The third-order valence-corrected chi connectivity index (χ3v) is 6.95. The van der Waals surface area contributed by atoms with Crippen LogP contribution in [0.1, 0.15) is 5.56 Å². The molecule has 0 aliphatic carbocycles. The Morgan fingerprint density at radius 2 is 1.63 bits per heavy atom. The van der Waals surface area contributed by atoms with Crippen molar-refractivity contribution in [3.8, 4) is 11.5 Å². The van der Waals surface area contributed by atoms with E-state index < -0.39 is 39.2 Å². The molecule has 0 radical (unpaired) electrons. The maximum atomic E-state index is 13.4. The van der Waals surface area contributed by atoms with Crippen molar-refractivity contribution in [3.05, 3.63) is 77.3 Å². The number of anilines is 2. The Morgan fingerprint density at radius 3 is 2.23 bits per heavy atom. The molecule has 7 nitrogen and oxygen atoms in total. The summed E-state index contributed by atoms with van der Waals surface area (Å²) in [7, 11) is -1.59. The molecular formula is C23H20ClF3N2O5S. The second-order valence-electron chi connectivity index (χ2n) is 7.10. The molecule has 0 aliphatic rings. The van der Waals surface area contributed by atoms with E-state index in [-0.39, 0.29) is 16.3 Å². The standard InChI is InChI=1S/C23H20ClF3N2O5S/c1-33-20-11-8-15(12-21(20)34-2)28-22(30)14-29(35(31,32)17-6-4-3-5-7-17)16-9-10-19(24)18(13-16)23(25,26)27/h3-13H,14H2,1-2H3,(H,28,30). The summed E-state index contributed by atoms with van der Waals surface area (Å²) in [4.78, 5) is 12.6. The summed E-state index contributed by atoms with van der Waals surface area (Å²) in [5.74, 6) is -0.0913. The predicted molar refractivity (Wildman–Crippen MR) is 126 cm³/mol. The number of methoxy groups -OCH3 is 2. The SMILES string of the molecule is COc1ccc(NC(=O)CN(c2ccc(Cl)c(C(F)(F)F)c2)S(=O)(=O)c2ccccc2)cc1OC. The minimum atomic E-state index is -4.84. The molecule has 3 aromatic rings. The van der Waals surface area contributed by atoms with E-state index in [2.05, 4.69) is 5.32 Å². The van der Waals surface area contributed by atoms with Crippen LogP contribution in [0.25, 0.3) is 0 Å². The van der Waals surface area contributed by atoms with E-state index in [1.54, 1.807) is 6.07 Å². The number of alkyl halides is 3. The summed E-state index contributed by atoms with van der Waals surface area (Å²) in [6.45, 7) is -0.815. The number of nitrogens with one attached hydrogen (secondary N) is 1. The van der Waals surface area contributed by atoms with Crippen LogP contribution < -0.4 is 19.1 Å². The lowest BCUT2D eigenvalue weighted by Gasteiger charge is -2.25. The molecule has 3 rings (SSSR count). The van der Waals surface area contributed by atoms with E-state index in [4.69, 9.17) is 21.1 Å². The Labute approximate surface area is 205 Å². The van der Waals surface area contributed by atoms with Gasteiger partial charge in [-0.05, 0) is 42.5 Å². The number of carbonyl (C=O) groups is 1. The van der Waals surface area contributed by atoms with Crippen LogP contribution in [0.2, 0.25) is 5.02 Å². The quantitative estimate of drug-likeness (QED) is 0.434. The number of hydrogen-bond acceptors (Lipinski definition) is 5. The van der Waals surface area contributed by atoms with Crippen molar-refractivity contribution in [2.75, 3.05) is 30.4 Å². The summed E-state index contributed by atoms with van der Waals surface area (Å²) < 4.78 is 77.9. The average molecular weight is 529 g/mol. The highest BCUT2D eigenvalue weighted by Gasteiger charge is 2.35. The van der Waals surface area contributed by atoms with Gasteiger partial charge in [-0.2, -0.15) is 13.2 Å². The van der Waals surface area contributed by atoms with E-state index in [1.807, 2.05) is 0 Å². The van der Waals surface area contributed by atoms with Crippen LogP contribution in [0.15, 0.2) is 71.6 Å². The lowest BCUT2D eigenvalue weighted by Crippen LogP contribution is -2.38. The first-order valence-corrected chi connectivity index (χ1v) is 11.8. The van der Waals surface area contributed by atoms with Gasteiger partial charge in [-0.15, -0.1) is 0 Å². The monoisotopic (exact) mass is 528 g/mol. The molecule has 1 N–H and O–H groups in total. The van der Waals surface area contributed by atoms with Gasteiger partial charge in [0, 0.05) is 11.8 Å². The molecule has 0 spiro atoms. The van der Waals surface area contributed by atoms with Crippen molar-refractivity contribution < 1.29 is 35.9 Å². The van der Waals surface area contributed by atoms with Gasteiger partial charge >= 0.3 is 6.18 Å². The zero-order valence-electron chi connectivity index (χ0n) is 18.5. The second-order valence-corrected chi connectivity index (χ2v) is 9.37. The smallest absolute Gasteiger partial charge is 0.417 e. The van der Waals surface area contributed by atoms with E-state index in [0.29, 0.717) is 21.9 Å². The molecule has 0 heterocycles. The summed E-state index contributed by atoms with van der Waals surface area (Å²) in [6.07, 6.45) is -4.84. The second kappa shape index (κ2) is 10.4. The summed E-state index contributed by atoms with van der Waals surface area (Å²) >= 11 is 5.69. The first kappa shape index (κ1) is 26.2. The van der Waals surface area contributed by atoms with Crippen molar-refractivity contribution >= 4 is 38.9 Å². The molecular weight excluding hydrogens is 509 g/mol. The number of hydrogen-bond donors (Lipinski definition) is 1. The lowest BCUT2D eigenvalue weighted by molar-refractivity contribution is -0.137. The Kier molecular flexibility index (Phi) is 7.81. The molecule has 35 heavy (non-hydrogen) atoms. The van der Waals surface area contributed by atoms with Crippen LogP contribution in [0.3, 0.4) is 0 Å². The van der Waals surface area contributed by atoms with Crippen LogP contribution in [-0.4, -0.2) is 35.1 Å². The van der Waals surface area contributed by atoms with Crippen LogP contribution in [-0.2, 0) is 21.0 Å². The minimum Gasteiger partial charge on any atom is -0.493 e. The van der Waals surface area contributed by atoms with E-state index in [1.165, 1.54) is 56.7 Å². The molecule has 0 saturated carbocycles. The molecule has 0 saturated heterocycles. The number of ether oxygens (including phenoxy) is 2. The summed E-state index contributed by atoms with van der Waals surface area (Å²) in [6, 6.07) is 14.1. The number of carbonyl (C=O) groups excluding carboxylic acids is 1. The third kappa shape index (κ3) is 5.98. The average Bonchev–Trinajstić information content (AvgIpc) is 2.82. The highest BCUT2D eigenvalue weighted by atomic mass is 35.5. The molecule has 0 atom stereocenters. The number of nitrogens with zero attached hydrogens (tertiary/aromatic N) is 1. The van der Waals surface area contributed by atoms with Crippen LogP contribution in [0.5, 0.6) is 11.5 Å². The highest BCUT2D eigenvalue weighted by molar-refractivity contribution is 7.92. The summed E-state index contributed by atoms with van der Waals surface area (Å²) in [5.41, 5.74) is -1.35. The van der Waals surface area contributed by atoms with E-state index in [9.17, 15) is 26.4 Å². The fraction of sp³-hybridized carbons (Fsp3) is 0.174. The van der Waals surface area contributed by atoms with Gasteiger partial charge in [0.25, 0.3) is 10.0 Å². The fourth-order valence-electron chi connectivity index (χ4n) is 3.17. The first-order chi connectivity index (χ1) is 16.5. The number of rotatable bonds is 8. The molecule has 0 fully saturated rings. The van der Waals surface area contributed by atoms with Gasteiger partial charge in [-0.25, -0.2) is 8.42 Å². The Morgan fingerprint density at radius 1 is 0.971 bits per heavy atom. The molecule has 0 bridgehead atoms. The Bertz CT molecular complexity index is 1320. The van der Waals surface area contributed by atoms with Crippen LogP contribution in [0, 0.1) is 0 Å². The van der Waals surface area contributed by atoms with Gasteiger partial charge in [0.05, 0.1) is 35.4 Å². The van der Waals surface area contributed by atoms with Crippen LogP contribution in [0.4, 0.5) is 24.5 Å². The maximum Gasteiger partial charge on any atom is 0.417 e. The fourth-order valence-corrected chi connectivity index (χ4v) is 4.82. The molecule has 0 unspecified atom stereocenters. The maximum absolute atomic E-state index is 13.4. The van der Waals surface area contributed by atoms with Gasteiger partial charge in [0.15, 0.2) is 11.5 Å². The van der Waals surface area contributed by atoms with Gasteiger partial charge in [-0.3, -0.25) is 9.10 Å². The Balaban J connectivity index is 2.01. The molecule has 3 aromatic carbocycles. The van der Waals surface area contributed by atoms with E-state index in [0.717, 1.165) is 12.1 Å². The Hall–Kier alpha value is -3.44. The van der Waals surface area contributed by atoms with Crippen molar-refractivity contribution in [1.29, 1.82) is 0 Å². The van der Waals surface area contributed by atoms with E-state index >= 15 is 0 Å². The van der Waals surface area contributed by atoms with Crippen LogP contribution >= 0.6 is 11.6 Å². The molecule has 0 aromatic heterocycles. The predicted octanol–water partition coefficient (Wildman–Crippen LogP) is 5.21. The van der Waals surface area contributed by atoms with Gasteiger partial charge in [-0.1, -0.05) is 29.8 Å². The first-order valence-electron chi connectivity index (χ1n) is 9.93. The van der Waals surface area contributed by atoms with Crippen molar-refractivity contribution in [1.82, 2.24) is 0 Å². The van der Waals surface area contributed by atoms with Gasteiger partial charge in [0.1, 0.15) is 6.54 Å². The minimum absolute atomic E-state index is 0.206. The lowest BCUT2D eigenvalue weighted by atomic mass is 10.2. The number of halogens is 4. The van der Waals surface area contributed by atoms with Crippen molar-refractivity contribution in [3.63, 3.8) is 0 Å². The zero-order valence-corrected chi connectivity index (χ0v) is 20.0. The number of sulfonamides is 1. The normalized spacial score (nSPS) is 11.6. The molecule has 1 amide bonds. The molecule has 186 valence electrons. The number of benzene rings is 3. The molecule has 12 heteroatoms. The highest BCUT2D eigenvalue weighted by Crippen LogP contribution is 2.38. The van der Waals surface area contributed by atoms with Gasteiger partial charge < -0.3 is 14.8 Å². The molecule has 0 aliphatic heterocycles. The van der Waals surface area contributed by atoms with Crippen molar-refractivity contribution in [2.24, 2.45) is 0 Å². The topological polar surface area (TPSA) is 84.9 Å². The van der Waals surface area contributed by atoms with Crippen molar-refractivity contribution in [2.45, 2.75) is 11.1 Å².